The van der Waals surface area contributed by atoms with Gasteiger partial charge in [-0.2, -0.15) is 11.8 Å². The second-order valence-electron chi connectivity index (χ2n) is 4.39. The van der Waals surface area contributed by atoms with E-state index in [1.807, 2.05) is 11.8 Å². The number of methoxy groups -OCH3 is 1. The van der Waals surface area contributed by atoms with Gasteiger partial charge in [0.1, 0.15) is 6.04 Å². The highest BCUT2D eigenvalue weighted by Crippen LogP contribution is 2.33. The van der Waals surface area contributed by atoms with Gasteiger partial charge in [0.2, 0.25) is 0 Å². The number of hydrogen-bond acceptors (Lipinski definition) is 4. The van der Waals surface area contributed by atoms with Crippen molar-refractivity contribution < 1.29 is 9.53 Å². The molecule has 0 heterocycles. The molecule has 0 aliphatic heterocycles. The molecule has 94 valence electrons. The van der Waals surface area contributed by atoms with E-state index in [4.69, 9.17) is 4.74 Å². The van der Waals surface area contributed by atoms with Crippen LogP contribution in [0.5, 0.6) is 0 Å². The van der Waals surface area contributed by atoms with Gasteiger partial charge in [0, 0.05) is 6.04 Å². The first-order valence-electron chi connectivity index (χ1n) is 6.10. The molecule has 0 saturated heterocycles. The van der Waals surface area contributed by atoms with Crippen molar-refractivity contribution in [2.45, 2.75) is 45.2 Å². The van der Waals surface area contributed by atoms with Crippen molar-refractivity contribution in [2.75, 3.05) is 18.6 Å². The maximum Gasteiger partial charge on any atom is 0.323 e. The molecular formula is C12H23NO2S. The van der Waals surface area contributed by atoms with E-state index in [2.05, 4.69) is 19.2 Å². The molecule has 2 atom stereocenters. The fourth-order valence-corrected chi connectivity index (χ4v) is 2.56. The molecule has 0 aromatic heterocycles. The number of ether oxygens (including phenoxy) is 1. The number of thioether (sulfide) groups is 1. The quantitative estimate of drug-likeness (QED) is 0.525. The summed E-state index contributed by atoms with van der Waals surface area (Å²) in [5, 5.41) is 3.40. The molecule has 0 amide bonds. The van der Waals surface area contributed by atoms with Gasteiger partial charge in [0.05, 0.1) is 7.11 Å². The molecule has 0 aromatic rings. The van der Waals surface area contributed by atoms with Gasteiger partial charge >= 0.3 is 5.97 Å². The topological polar surface area (TPSA) is 38.3 Å². The third-order valence-corrected chi connectivity index (χ3v) is 3.84. The Morgan fingerprint density at radius 3 is 2.75 bits per heavy atom. The Labute approximate surface area is 103 Å². The van der Waals surface area contributed by atoms with E-state index in [1.54, 1.807) is 0 Å². The van der Waals surface area contributed by atoms with Crippen molar-refractivity contribution in [1.29, 1.82) is 0 Å². The van der Waals surface area contributed by atoms with Crippen molar-refractivity contribution in [3.63, 3.8) is 0 Å². The van der Waals surface area contributed by atoms with Crippen LogP contribution >= 0.6 is 11.8 Å². The lowest BCUT2D eigenvalue weighted by Gasteiger charge is -2.21. The first-order valence-corrected chi connectivity index (χ1v) is 7.26. The zero-order valence-electron chi connectivity index (χ0n) is 10.5. The summed E-state index contributed by atoms with van der Waals surface area (Å²) in [6, 6.07) is 0.315. The van der Waals surface area contributed by atoms with Crippen molar-refractivity contribution in [2.24, 2.45) is 5.92 Å². The predicted octanol–water partition coefficient (Wildman–Crippen LogP) is 2.06. The Bertz CT molecular complexity index is 219. The van der Waals surface area contributed by atoms with Crippen LogP contribution in [-0.4, -0.2) is 36.7 Å². The summed E-state index contributed by atoms with van der Waals surface area (Å²) in [5.74, 6) is 2.73. The van der Waals surface area contributed by atoms with Crippen LogP contribution in [0.1, 0.15) is 33.1 Å². The normalized spacial score (nSPS) is 19.2. The minimum absolute atomic E-state index is 0.0772. The summed E-state index contributed by atoms with van der Waals surface area (Å²) >= 11 is 1.95. The van der Waals surface area contributed by atoms with E-state index in [1.165, 1.54) is 7.11 Å². The number of esters is 1. The maximum atomic E-state index is 11.6. The summed E-state index contributed by atoms with van der Waals surface area (Å²) in [5.41, 5.74) is 0. The first-order chi connectivity index (χ1) is 7.69. The lowest BCUT2D eigenvalue weighted by molar-refractivity contribution is -0.143. The van der Waals surface area contributed by atoms with E-state index in [0.717, 1.165) is 30.8 Å². The second-order valence-corrected chi connectivity index (χ2v) is 5.79. The molecule has 0 aromatic carbocycles. The molecule has 16 heavy (non-hydrogen) atoms. The lowest BCUT2D eigenvalue weighted by atomic mass is 10.1. The van der Waals surface area contributed by atoms with Crippen molar-refractivity contribution in [1.82, 2.24) is 5.32 Å². The number of nitrogens with one attached hydrogen (secondary N) is 1. The van der Waals surface area contributed by atoms with Crippen LogP contribution < -0.4 is 5.32 Å². The number of rotatable bonds is 8. The molecule has 0 radical (unpaired) electrons. The largest absolute Gasteiger partial charge is 0.468 e. The second kappa shape index (κ2) is 7.17. The molecule has 1 aliphatic rings. The minimum atomic E-state index is -0.0995. The average Bonchev–Trinajstić information content (AvgIpc) is 3.09. The number of carbonyl (C=O) groups excluding carboxylic acids is 1. The highest BCUT2D eigenvalue weighted by molar-refractivity contribution is 7.99. The van der Waals surface area contributed by atoms with Gasteiger partial charge in [-0.05, 0) is 43.6 Å². The highest BCUT2D eigenvalue weighted by Gasteiger charge is 2.37. The Kier molecular flexibility index (Phi) is 6.21. The van der Waals surface area contributed by atoms with Crippen molar-refractivity contribution in [3.05, 3.63) is 0 Å². The standard InChI is InChI=1S/C12H23NO2S/c1-4-16-8-7-9(2)13-11(10-5-6-10)12(14)15-3/h9-11,13H,4-8H2,1-3H3. The van der Waals surface area contributed by atoms with Crippen LogP contribution in [-0.2, 0) is 9.53 Å². The smallest absolute Gasteiger partial charge is 0.323 e. The predicted molar refractivity (Wildman–Crippen MR) is 68.7 cm³/mol. The molecule has 1 aliphatic carbocycles. The SMILES string of the molecule is CCSCCC(C)NC(C(=O)OC)C1CC1. The summed E-state index contributed by atoms with van der Waals surface area (Å²) < 4.78 is 4.83. The zero-order chi connectivity index (χ0) is 12.0. The lowest BCUT2D eigenvalue weighted by Crippen LogP contribution is -2.44. The molecule has 1 fully saturated rings. The summed E-state index contributed by atoms with van der Waals surface area (Å²) in [7, 11) is 1.47. The van der Waals surface area contributed by atoms with E-state index < -0.39 is 0 Å². The third kappa shape index (κ3) is 4.74. The summed E-state index contributed by atoms with van der Waals surface area (Å²) in [6.07, 6.45) is 3.42. The van der Waals surface area contributed by atoms with Gasteiger partial charge in [0.15, 0.2) is 0 Å². The van der Waals surface area contributed by atoms with Gasteiger partial charge in [-0.25, -0.2) is 0 Å². The van der Waals surface area contributed by atoms with Crippen LogP contribution in [0.15, 0.2) is 0 Å². The first kappa shape index (κ1) is 13.8. The van der Waals surface area contributed by atoms with Crippen LogP contribution in [0, 0.1) is 5.92 Å². The monoisotopic (exact) mass is 245 g/mol. The van der Waals surface area contributed by atoms with Crippen molar-refractivity contribution in [3.8, 4) is 0 Å². The molecule has 1 saturated carbocycles. The van der Waals surface area contributed by atoms with Crippen LogP contribution in [0.3, 0.4) is 0 Å². The molecule has 1 N–H and O–H groups in total. The molecule has 3 nitrogen and oxygen atoms in total. The van der Waals surface area contributed by atoms with Crippen LogP contribution in [0.2, 0.25) is 0 Å². The Hall–Kier alpha value is -0.220. The van der Waals surface area contributed by atoms with Gasteiger partial charge in [-0.1, -0.05) is 6.92 Å². The van der Waals surface area contributed by atoms with Crippen molar-refractivity contribution >= 4 is 17.7 Å². The summed E-state index contributed by atoms with van der Waals surface area (Å²) in [4.78, 5) is 11.6. The molecule has 0 spiro atoms. The van der Waals surface area contributed by atoms with E-state index in [-0.39, 0.29) is 12.0 Å². The Morgan fingerprint density at radius 2 is 2.25 bits per heavy atom. The molecule has 0 bridgehead atoms. The third-order valence-electron chi connectivity index (χ3n) is 2.91. The number of hydrogen-bond donors (Lipinski definition) is 1. The van der Waals surface area contributed by atoms with Gasteiger partial charge in [-0.3, -0.25) is 4.79 Å². The van der Waals surface area contributed by atoms with Gasteiger partial charge < -0.3 is 10.1 Å². The highest BCUT2D eigenvalue weighted by atomic mass is 32.2. The van der Waals surface area contributed by atoms with Gasteiger partial charge in [-0.15, -0.1) is 0 Å². The Balaban J connectivity index is 2.27. The van der Waals surface area contributed by atoms with E-state index in [9.17, 15) is 4.79 Å². The van der Waals surface area contributed by atoms with E-state index in [0.29, 0.717) is 12.0 Å². The fourth-order valence-electron chi connectivity index (χ4n) is 1.75. The van der Waals surface area contributed by atoms with Crippen LogP contribution in [0.4, 0.5) is 0 Å². The maximum absolute atomic E-state index is 11.6. The average molecular weight is 245 g/mol. The number of carbonyl (C=O) groups is 1. The van der Waals surface area contributed by atoms with Gasteiger partial charge in [0.25, 0.3) is 0 Å². The molecular weight excluding hydrogens is 222 g/mol. The zero-order valence-corrected chi connectivity index (χ0v) is 11.3. The molecule has 4 heteroatoms. The van der Waals surface area contributed by atoms with E-state index >= 15 is 0 Å². The fraction of sp³-hybridized carbons (Fsp3) is 0.917. The molecule has 1 rings (SSSR count). The minimum Gasteiger partial charge on any atom is -0.468 e. The summed E-state index contributed by atoms with van der Waals surface area (Å²) in [6.45, 7) is 4.32. The Morgan fingerprint density at radius 1 is 1.56 bits per heavy atom. The molecule has 2 unspecified atom stereocenters. The van der Waals surface area contributed by atoms with Crippen LogP contribution in [0.25, 0.3) is 0 Å².